The van der Waals surface area contributed by atoms with Crippen LogP contribution in [0.1, 0.15) is 31.8 Å². The predicted molar refractivity (Wildman–Crippen MR) is 94.6 cm³/mol. The second-order valence-corrected chi connectivity index (χ2v) is 6.29. The summed E-state index contributed by atoms with van der Waals surface area (Å²) in [6, 6.07) is 10.9. The van der Waals surface area contributed by atoms with Gasteiger partial charge in [0.25, 0.3) is 5.60 Å². The molecule has 2 rings (SSSR count). The highest BCUT2D eigenvalue weighted by Crippen LogP contribution is 2.30. The summed E-state index contributed by atoms with van der Waals surface area (Å²) in [5.41, 5.74) is -6.20. The van der Waals surface area contributed by atoms with Crippen LogP contribution in [-0.2, 0) is 9.59 Å². The molecule has 7 nitrogen and oxygen atoms in total. The first kappa shape index (κ1) is 20.2. The number of Topliss-reactive ketones (excluding diaryl/α,β-unsaturated/α-hetero) is 2. The molecule has 0 unspecified atom stereocenters. The quantitative estimate of drug-likeness (QED) is 0.378. The lowest BCUT2D eigenvalue weighted by molar-refractivity contribution is -0.173. The largest absolute Gasteiger partial charge is 0.479 e. The number of carboxylic acid groups (broad SMARTS) is 1. The maximum atomic E-state index is 12.7. The lowest BCUT2D eigenvalue weighted by Gasteiger charge is -2.33. The van der Waals surface area contributed by atoms with Crippen molar-refractivity contribution in [3.63, 3.8) is 0 Å². The van der Waals surface area contributed by atoms with E-state index in [1.54, 1.807) is 13.8 Å². The number of aldehydes is 1. The van der Waals surface area contributed by atoms with Gasteiger partial charge in [-0.05, 0) is 13.8 Å². The number of carbonyl (C=O) groups excluding carboxylic acids is 3. The Morgan fingerprint density at radius 3 is 1.48 bits per heavy atom. The summed E-state index contributed by atoms with van der Waals surface area (Å²) in [6.07, 6.45) is -0.421. The number of carbonyl (C=O) groups is 4. The Kier molecular flexibility index (Phi) is 5.39. The number of aryl methyl sites for hydroxylation is 2. The summed E-state index contributed by atoms with van der Waals surface area (Å²) >= 11 is 0. The third kappa shape index (κ3) is 3.30. The molecule has 140 valence electrons. The lowest BCUT2D eigenvalue weighted by atomic mass is 9.74. The molecule has 0 heterocycles. The summed E-state index contributed by atoms with van der Waals surface area (Å²) in [6.45, 7) is 3.45. The Bertz CT molecular complexity index is 899. The van der Waals surface area contributed by atoms with Gasteiger partial charge >= 0.3 is 5.97 Å². The van der Waals surface area contributed by atoms with Crippen molar-refractivity contribution in [2.24, 2.45) is 0 Å². The fraction of sp³-hybridized carbons (Fsp3) is 0.200. The van der Waals surface area contributed by atoms with Crippen molar-refractivity contribution in [3.05, 3.63) is 70.8 Å². The molecule has 0 saturated carbocycles. The topological polar surface area (TPSA) is 129 Å². The van der Waals surface area contributed by atoms with Gasteiger partial charge in [0.15, 0.2) is 6.29 Å². The van der Waals surface area contributed by atoms with Gasteiger partial charge in [0.05, 0.1) is 0 Å². The molecule has 27 heavy (non-hydrogen) atoms. The van der Waals surface area contributed by atoms with E-state index < -0.39 is 35.0 Å². The minimum absolute atomic E-state index is 0.230. The molecule has 0 radical (unpaired) electrons. The van der Waals surface area contributed by atoms with Crippen molar-refractivity contribution in [1.82, 2.24) is 0 Å². The van der Waals surface area contributed by atoms with Crippen LogP contribution in [0.25, 0.3) is 0 Å². The number of aliphatic hydroxyl groups is 2. The smallest absolute Gasteiger partial charge is 0.348 e. The van der Waals surface area contributed by atoms with Gasteiger partial charge in [-0.2, -0.15) is 0 Å². The van der Waals surface area contributed by atoms with Crippen LogP contribution in [0.5, 0.6) is 0 Å². The molecule has 2 aromatic rings. The number of ketones is 2. The first-order chi connectivity index (χ1) is 12.6. The van der Waals surface area contributed by atoms with Gasteiger partial charge in [-0.1, -0.05) is 59.7 Å². The maximum Gasteiger partial charge on any atom is 0.348 e. The van der Waals surface area contributed by atoms with Crippen LogP contribution in [0.4, 0.5) is 0 Å². The molecule has 2 aromatic carbocycles. The van der Waals surface area contributed by atoms with Crippen LogP contribution in [0.15, 0.2) is 48.5 Å². The zero-order valence-electron chi connectivity index (χ0n) is 14.7. The molecule has 3 N–H and O–H groups in total. The zero-order chi connectivity index (χ0) is 20.4. The van der Waals surface area contributed by atoms with E-state index in [-0.39, 0.29) is 11.1 Å². The van der Waals surface area contributed by atoms with Crippen molar-refractivity contribution in [1.29, 1.82) is 0 Å². The SMILES string of the molecule is Cc1ccc(C(=O)[C@](O)(C(=O)O)[C@@](O)(C=O)C(=O)c2ccc(C)cc2)cc1. The lowest BCUT2D eigenvalue weighted by Crippen LogP contribution is -2.68. The summed E-state index contributed by atoms with van der Waals surface area (Å²) in [5, 5.41) is 30.7. The molecule has 2 atom stereocenters. The average molecular weight is 370 g/mol. The first-order valence-electron chi connectivity index (χ1n) is 7.95. The van der Waals surface area contributed by atoms with Gasteiger partial charge in [-0.15, -0.1) is 0 Å². The summed E-state index contributed by atoms with van der Waals surface area (Å²) in [5.74, 6) is -5.10. The average Bonchev–Trinajstić information content (AvgIpc) is 2.66. The van der Waals surface area contributed by atoms with E-state index >= 15 is 0 Å². The predicted octanol–water partition coefficient (Wildman–Crippen LogP) is 1.11. The molecule has 0 fully saturated rings. The van der Waals surface area contributed by atoms with E-state index in [9.17, 15) is 34.5 Å². The summed E-state index contributed by atoms with van der Waals surface area (Å²) in [4.78, 5) is 48.8. The molecule has 0 saturated heterocycles. The normalized spacial score (nSPS) is 15.3. The maximum absolute atomic E-state index is 12.7. The highest BCUT2D eigenvalue weighted by atomic mass is 16.4. The van der Waals surface area contributed by atoms with Crippen LogP contribution in [0.2, 0.25) is 0 Å². The van der Waals surface area contributed by atoms with Gasteiger partial charge < -0.3 is 15.3 Å². The van der Waals surface area contributed by atoms with Crippen molar-refractivity contribution in [2.75, 3.05) is 0 Å². The number of benzene rings is 2. The first-order valence-corrected chi connectivity index (χ1v) is 7.95. The van der Waals surface area contributed by atoms with Crippen LogP contribution in [-0.4, -0.2) is 50.3 Å². The Morgan fingerprint density at radius 2 is 1.15 bits per heavy atom. The van der Waals surface area contributed by atoms with Crippen molar-refractivity contribution in [3.8, 4) is 0 Å². The molecular formula is C20H18O7. The van der Waals surface area contributed by atoms with E-state index in [2.05, 4.69) is 0 Å². The highest BCUT2D eigenvalue weighted by Gasteiger charge is 2.65. The van der Waals surface area contributed by atoms with Crippen LogP contribution >= 0.6 is 0 Å². The second-order valence-electron chi connectivity index (χ2n) is 6.29. The number of aliphatic carboxylic acids is 1. The monoisotopic (exact) mass is 370 g/mol. The van der Waals surface area contributed by atoms with E-state index in [0.717, 1.165) is 11.1 Å². The Morgan fingerprint density at radius 1 is 0.778 bits per heavy atom. The van der Waals surface area contributed by atoms with Gasteiger partial charge in [0, 0.05) is 11.1 Å². The standard InChI is InChI=1S/C20H18O7/c1-12-3-7-14(8-4-12)16(22)19(26,11-21)20(27,18(24)25)17(23)15-9-5-13(2)6-10-15/h3-11,26-27H,1-2H3,(H,24,25)/t19-,20+/m1/s1. The number of hydrogen-bond donors (Lipinski definition) is 3. The molecule has 7 heteroatoms. The Hall–Kier alpha value is -3.16. The fourth-order valence-corrected chi connectivity index (χ4v) is 2.58. The third-order valence-corrected chi connectivity index (χ3v) is 4.33. The van der Waals surface area contributed by atoms with Gasteiger partial charge in [-0.25, -0.2) is 4.79 Å². The van der Waals surface area contributed by atoms with Gasteiger partial charge in [-0.3, -0.25) is 14.4 Å². The Labute approximate surface area is 154 Å². The molecule has 0 spiro atoms. The van der Waals surface area contributed by atoms with E-state index in [1.165, 1.54) is 48.5 Å². The van der Waals surface area contributed by atoms with Gasteiger partial charge in [0.2, 0.25) is 17.2 Å². The number of hydrogen-bond acceptors (Lipinski definition) is 6. The zero-order valence-corrected chi connectivity index (χ0v) is 14.7. The molecular weight excluding hydrogens is 352 g/mol. The van der Waals surface area contributed by atoms with Crippen LogP contribution in [0, 0.1) is 13.8 Å². The highest BCUT2D eigenvalue weighted by molar-refractivity contribution is 6.26. The number of rotatable bonds is 7. The minimum atomic E-state index is -3.70. The van der Waals surface area contributed by atoms with Crippen LogP contribution < -0.4 is 0 Å². The van der Waals surface area contributed by atoms with E-state index in [1.807, 2.05) is 0 Å². The van der Waals surface area contributed by atoms with Crippen molar-refractivity contribution < 1.29 is 34.5 Å². The molecule has 0 aromatic heterocycles. The number of carboxylic acids is 1. The van der Waals surface area contributed by atoms with E-state index in [4.69, 9.17) is 0 Å². The molecule has 0 aliphatic rings. The fourth-order valence-electron chi connectivity index (χ4n) is 2.58. The molecule has 0 aliphatic carbocycles. The summed E-state index contributed by atoms with van der Waals surface area (Å²) < 4.78 is 0. The minimum Gasteiger partial charge on any atom is -0.479 e. The Balaban J connectivity index is 2.62. The van der Waals surface area contributed by atoms with Gasteiger partial charge in [0.1, 0.15) is 0 Å². The van der Waals surface area contributed by atoms with Crippen LogP contribution in [0.3, 0.4) is 0 Å². The molecule has 0 aliphatic heterocycles. The second kappa shape index (κ2) is 7.22. The van der Waals surface area contributed by atoms with Crippen molar-refractivity contribution in [2.45, 2.75) is 25.0 Å². The molecule has 0 bridgehead atoms. The molecule has 0 amide bonds. The third-order valence-electron chi connectivity index (χ3n) is 4.33. The van der Waals surface area contributed by atoms with E-state index in [0.29, 0.717) is 0 Å². The summed E-state index contributed by atoms with van der Waals surface area (Å²) in [7, 11) is 0. The van der Waals surface area contributed by atoms with Crippen molar-refractivity contribution >= 4 is 23.8 Å².